The van der Waals surface area contributed by atoms with Crippen molar-refractivity contribution >= 4 is 5.91 Å². The highest BCUT2D eigenvalue weighted by Gasteiger charge is 2.44. The maximum Gasteiger partial charge on any atom is 0.220 e. The molecule has 71 heavy (non-hydrogen) atoms. The van der Waals surface area contributed by atoms with Gasteiger partial charge in [0.15, 0.2) is 6.29 Å². The van der Waals surface area contributed by atoms with Gasteiger partial charge in [-0.05, 0) is 64.2 Å². The molecule has 7 unspecified atom stereocenters. The third-order valence-corrected chi connectivity index (χ3v) is 14.4. The number of rotatable bonds is 52. The molecule has 0 aromatic heterocycles. The average Bonchev–Trinajstić information content (AvgIpc) is 3.37. The molecular weight excluding hydrogens is 887 g/mol. The molecule has 1 saturated heterocycles. The molecule has 0 aliphatic carbocycles. The summed E-state index contributed by atoms with van der Waals surface area (Å²) in [5.41, 5.74) is 0. The van der Waals surface area contributed by atoms with Crippen molar-refractivity contribution in [3.8, 4) is 0 Å². The smallest absolute Gasteiger partial charge is 0.220 e. The van der Waals surface area contributed by atoms with E-state index in [2.05, 4.69) is 55.6 Å². The highest BCUT2D eigenvalue weighted by molar-refractivity contribution is 5.76. The molecule has 0 radical (unpaired) electrons. The Bertz CT molecular complexity index is 1250. The lowest BCUT2D eigenvalue weighted by Crippen LogP contribution is -2.60. The number of aliphatic hydroxyl groups is 5. The van der Waals surface area contributed by atoms with Crippen LogP contribution in [-0.4, -0.2) is 87.5 Å². The molecule has 0 saturated carbocycles. The average molecular weight is 1000 g/mol. The molecule has 0 spiro atoms. The van der Waals surface area contributed by atoms with Crippen LogP contribution in [0.3, 0.4) is 0 Å². The molecule has 416 valence electrons. The number of amides is 1. The van der Waals surface area contributed by atoms with Crippen molar-refractivity contribution in [2.24, 2.45) is 0 Å². The molecule has 1 aliphatic rings. The largest absolute Gasteiger partial charge is 0.394 e. The van der Waals surface area contributed by atoms with Crippen LogP contribution in [0.2, 0.25) is 0 Å². The van der Waals surface area contributed by atoms with Crippen LogP contribution in [0.15, 0.2) is 48.6 Å². The molecule has 7 atom stereocenters. The Morgan fingerprint density at radius 2 is 0.845 bits per heavy atom. The third-order valence-electron chi connectivity index (χ3n) is 14.4. The van der Waals surface area contributed by atoms with Crippen molar-refractivity contribution in [2.45, 2.75) is 326 Å². The predicted molar refractivity (Wildman–Crippen MR) is 299 cm³/mol. The summed E-state index contributed by atoms with van der Waals surface area (Å²) in [7, 11) is 0. The van der Waals surface area contributed by atoms with Crippen molar-refractivity contribution in [1.29, 1.82) is 0 Å². The molecule has 1 fully saturated rings. The first kappa shape index (κ1) is 67.2. The van der Waals surface area contributed by atoms with Crippen molar-refractivity contribution < 1.29 is 39.8 Å². The number of allylic oxidation sites excluding steroid dienone is 7. The maximum atomic E-state index is 13.0. The normalized spacial score (nSPS) is 19.6. The molecule has 0 aromatic rings. The Morgan fingerprint density at radius 1 is 0.479 bits per heavy atom. The second-order valence-corrected chi connectivity index (χ2v) is 21.1. The number of hydrogen-bond donors (Lipinski definition) is 6. The maximum absolute atomic E-state index is 13.0. The van der Waals surface area contributed by atoms with E-state index in [-0.39, 0.29) is 12.5 Å². The van der Waals surface area contributed by atoms with Crippen LogP contribution < -0.4 is 5.32 Å². The number of ether oxygens (including phenoxy) is 2. The van der Waals surface area contributed by atoms with Gasteiger partial charge in [0.25, 0.3) is 0 Å². The summed E-state index contributed by atoms with van der Waals surface area (Å²) >= 11 is 0. The summed E-state index contributed by atoms with van der Waals surface area (Å²) in [6.45, 7) is 3.71. The minimum absolute atomic E-state index is 0.186. The topological polar surface area (TPSA) is 149 Å². The van der Waals surface area contributed by atoms with Crippen LogP contribution in [-0.2, 0) is 14.3 Å². The SMILES string of the molecule is CCCCC/C=C/CC/C=C/C(O)C(COC1OC(CO)C(O)C(O)C1O)NC(=O)CCCCCCCCCCCCCCCCCCCCCCCCCCCCC/C=C\C/C=C\CCCCCCC. The lowest BCUT2D eigenvalue weighted by molar-refractivity contribution is -0.302. The first-order valence-electron chi connectivity index (χ1n) is 30.4. The zero-order chi connectivity index (χ0) is 51.5. The monoisotopic (exact) mass is 1000 g/mol. The van der Waals surface area contributed by atoms with E-state index in [1.54, 1.807) is 6.08 Å². The van der Waals surface area contributed by atoms with Gasteiger partial charge in [0.2, 0.25) is 5.91 Å². The summed E-state index contributed by atoms with van der Waals surface area (Å²) < 4.78 is 11.2. The number of unbranched alkanes of at least 4 members (excludes halogenated alkanes) is 36. The molecule has 1 aliphatic heterocycles. The number of hydrogen-bond acceptors (Lipinski definition) is 8. The van der Waals surface area contributed by atoms with E-state index in [0.29, 0.717) is 6.42 Å². The molecule has 0 bridgehead atoms. The van der Waals surface area contributed by atoms with Crippen molar-refractivity contribution in [1.82, 2.24) is 5.32 Å². The molecule has 1 rings (SSSR count). The molecule has 0 aromatic carbocycles. The Balaban J connectivity index is 1.99. The molecule has 9 heteroatoms. The summed E-state index contributed by atoms with van der Waals surface area (Å²) in [6, 6.07) is -0.818. The summed E-state index contributed by atoms with van der Waals surface area (Å²) in [5.74, 6) is -0.186. The lowest BCUT2D eigenvalue weighted by atomic mass is 9.99. The highest BCUT2D eigenvalue weighted by atomic mass is 16.7. The van der Waals surface area contributed by atoms with Gasteiger partial charge in [0.05, 0.1) is 25.4 Å². The Hall–Kier alpha value is -1.85. The van der Waals surface area contributed by atoms with Crippen LogP contribution >= 0.6 is 0 Å². The van der Waals surface area contributed by atoms with Crippen LogP contribution in [0, 0.1) is 0 Å². The fraction of sp³-hybridized carbons (Fsp3) is 0.855. The van der Waals surface area contributed by atoms with Gasteiger partial charge >= 0.3 is 0 Å². The minimum atomic E-state index is -1.57. The fourth-order valence-corrected chi connectivity index (χ4v) is 9.56. The predicted octanol–water partition coefficient (Wildman–Crippen LogP) is 15.3. The summed E-state index contributed by atoms with van der Waals surface area (Å²) in [6.07, 6.45) is 62.4. The Morgan fingerprint density at radius 3 is 1.30 bits per heavy atom. The van der Waals surface area contributed by atoms with E-state index in [0.717, 1.165) is 44.9 Å². The van der Waals surface area contributed by atoms with Gasteiger partial charge in [-0.2, -0.15) is 0 Å². The second kappa shape index (κ2) is 51.6. The van der Waals surface area contributed by atoms with Crippen molar-refractivity contribution in [3.05, 3.63) is 48.6 Å². The van der Waals surface area contributed by atoms with Gasteiger partial charge in [-0.1, -0.05) is 262 Å². The zero-order valence-corrected chi connectivity index (χ0v) is 46.2. The molecule has 9 nitrogen and oxygen atoms in total. The fourth-order valence-electron chi connectivity index (χ4n) is 9.56. The van der Waals surface area contributed by atoms with Crippen LogP contribution in [0.4, 0.5) is 0 Å². The minimum Gasteiger partial charge on any atom is -0.394 e. The van der Waals surface area contributed by atoms with Gasteiger partial charge in [-0.15, -0.1) is 0 Å². The van der Waals surface area contributed by atoms with Gasteiger partial charge < -0.3 is 40.3 Å². The van der Waals surface area contributed by atoms with Gasteiger partial charge in [-0.25, -0.2) is 0 Å². The zero-order valence-electron chi connectivity index (χ0n) is 46.2. The van der Waals surface area contributed by atoms with E-state index >= 15 is 0 Å². The van der Waals surface area contributed by atoms with Crippen LogP contribution in [0.5, 0.6) is 0 Å². The first-order chi connectivity index (χ1) is 34.8. The lowest BCUT2D eigenvalue weighted by Gasteiger charge is -2.40. The van der Waals surface area contributed by atoms with E-state index in [1.165, 1.54) is 218 Å². The van der Waals surface area contributed by atoms with E-state index < -0.39 is 49.5 Å². The Labute approximate surface area is 437 Å². The first-order valence-corrected chi connectivity index (χ1v) is 30.4. The second-order valence-electron chi connectivity index (χ2n) is 21.1. The summed E-state index contributed by atoms with van der Waals surface area (Å²) in [5, 5.41) is 54.2. The standard InChI is InChI=1S/C62H115NO8/c1-3-5-7-9-11-13-14-15-16-17-18-19-20-21-22-23-24-25-26-27-28-29-30-31-32-33-34-35-36-37-38-39-40-41-42-44-46-48-50-52-58(66)63-55(56(65)51-49-47-45-43-12-10-8-6-4-2)54-70-62-61(69)60(68)59(67)57(53-64)71-62/h12,14-15,17-18,43,49,51,55-57,59-62,64-65,67-69H,3-11,13,16,19-42,44-48,50,52-54H2,1-2H3,(H,63,66)/b15-14-,18-17-,43-12+,51-49+. The third kappa shape index (κ3) is 41.1. The van der Waals surface area contributed by atoms with Crippen LogP contribution in [0.25, 0.3) is 0 Å². The van der Waals surface area contributed by atoms with Gasteiger partial charge in [0.1, 0.15) is 24.4 Å². The van der Waals surface area contributed by atoms with Gasteiger partial charge in [-0.3, -0.25) is 4.79 Å². The van der Waals surface area contributed by atoms with E-state index in [4.69, 9.17) is 9.47 Å². The van der Waals surface area contributed by atoms with E-state index in [1.807, 2.05) is 6.08 Å². The molecule has 1 heterocycles. The molecular formula is C62H115NO8. The van der Waals surface area contributed by atoms with Crippen LogP contribution in [0.1, 0.15) is 284 Å². The molecule has 6 N–H and O–H groups in total. The highest BCUT2D eigenvalue weighted by Crippen LogP contribution is 2.23. The number of carbonyl (C=O) groups excluding carboxylic acids is 1. The number of nitrogens with one attached hydrogen (secondary N) is 1. The Kier molecular flexibility index (Phi) is 48.8. The van der Waals surface area contributed by atoms with E-state index in [9.17, 15) is 30.3 Å². The quantitative estimate of drug-likeness (QED) is 0.0261. The number of carbonyl (C=O) groups is 1. The molecule has 1 amide bonds. The van der Waals surface area contributed by atoms with Gasteiger partial charge in [0, 0.05) is 6.42 Å². The van der Waals surface area contributed by atoms with Crippen molar-refractivity contribution in [2.75, 3.05) is 13.2 Å². The van der Waals surface area contributed by atoms with Crippen molar-refractivity contribution in [3.63, 3.8) is 0 Å². The summed E-state index contributed by atoms with van der Waals surface area (Å²) in [4.78, 5) is 13.0. The number of aliphatic hydroxyl groups excluding tert-OH is 5.